The summed E-state index contributed by atoms with van der Waals surface area (Å²) in [6, 6.07) is 16.3. The molecule has 3 aromatic rings. The van der Waals surface area contributed by atoms with Crippen LogP contribution in [0.1, 0.15) is 0 Å². The Bertz CT molecular complexity index is 914. The van der Waals surface area contributed by atoms with Crippen molar-refractivity contribution in [2.45, 2.75) is 4.90 Å². The summed E-state index contributed by atoms with van der Waals surface area (Å²) in [5, 5.41) is 2.51. The fourth-order valence-corrected chi connectivity index (χ4v) is 3.10. The third kappa shape index (κ3) is 4.46. The summed E-state index contributed by atoms with van der Waals surface area (Å²) in [6.45, 7) is 0. The molecule has 0 aliphatic rings. The van der Waals surface area contributed by atoms with E-state index in [0.29, 0.717) is 10.5 Å². The van der Waals surface area contributed by atoms with E-state index in [2.05, 4.69) is 5.32 Å². The number of carbonyl (C=O) groups excluding carboxylic acids is 1. The molecule has 6 heteroatoms. The largest absolute Gasteiger partial charge is 0.322 e. The Labute approximate surface area is 153 Å². The van der Waals surface area contributed by atoms with Crippen molar-refractivity contribution in [1.82, 2.24) is 0 Å². The summed E-state index contributed by atoms with van der Waals surface area (Å²) < 4.78 is 40.8. The molecule has 0 aliphatic heterocycles. The smallest absolute Gasteiger partial charge is 0.234 e. The zero-order valence-electron chi connectivity index (χ0n) is 13.5. The Morgan fingerprint density at radius 1 is 0.885 bits per heavy atom. The number of nitrogens with one attached hydrogen (secondary N) is 1. The predicted octanol–water partition coefficient (Wildman–Crippen LogP) is 5.50. The second-order valence-corrected chi connectivity index (χ2v) is 6.52. The van der Waals surface area contributed by atoms with Gasteiger partial charge in [0.05, 0.1) is 11.4 Å². The van der Waals surface area contributed by atoms with Crippen molar-refractivity contribution in [3.05, 3.63) is 84.2 Å². The van der Waals surface area contributed by atoms with Gasteiger partial charge in [0.1, 0.15) is 17.5 Å². The fraction of sp³-hybridized carbons (Fsp3) is 0.0500. The Hall–Kier alpha value is -2.73. The first kappa shape index (κ1) is 18.1. The van der Waals surface area contributed by atoms with Crippen LogP contribution < -0.4 is 5.32 Å². The predicted molar refractivity (Wildman–Crippen MR) is 97.5 cm³/mol. The zero-order chi connectivity index (χ0) is 18.5. The number of halogens is 3. The SMILES string of the molecule is O=C(CSc1ccc(F)cc1)Nc1c(F)cc(F)cc1-c1ccccc1. The monoisotopic (exact) mass is 373 g/mol. The topological polar surface area (TPSA) is 29.1 Å². The lowest BCUT2D eigenvalue weighted by molar-refractivity contribution is -0.113. The molecule has 1 amide bonds. The minimum atomic E-state index is -0.844. The van der Waals surface area contributed by atoms with Crippen LogP contribution in [-0.2, 0) is 4.79 Å². The van der Waals surface area contributed by atoms with Crippen molar-refractivity contribution < 1.29 is 18.0 Å². The molecular weight excluding hydrogens is 359 g/mol. The summed E-state index contributed by atoms with van der Waals surface area (Å²) in [6.07, 6.45) is 0. The minimum absolute atomic E-state index is 0.0106. The van der Waals surface area contributed by atoms with Crippen LogP contribution in [0.15, 0.2) is 71.6 Å². The van der Waals surface area contributed by atoms with E-state index in [1.807, 2.05) is 0 Å². The van der Waals surface area contributed by atoms with Gasteiger partial charge in [0.15, 0.2) is 0 Å². The van der Waals surface area contributed by atoms with Crippen LogP contribution in [0.25, 0.3) is 11.1 Å². The van der Waals surface area contributed by atoms with Gasteiger partial charge < -0.3 is 5.32 Å². The highest BCUT2D eigenvalue weighted by Gasteiger charge is 2.15. The number of thioether (sulfide) groups is 1. The van der Waals surface area contributed by atoms with E-state index in [0.717, 1.165) is 6.07 Å². The highest BCUT2D eigenvalue weighted by atomic mass is 32.2. The van der Waals surface area contributed by atoms with Gasteiger partial charge in [-0.05, 0) is 35.9 Å². The number of carbonyl (C=O) groups is 1. The second kappa shape index (κ2) is 8.10. The molecule has 1 N–H and O–H groups in total. The van der Waals surface area contributed by atoms with Crippen LogP contribution in [-0.4, -0.2) is 11.7 Å². The number of hydrogen-bond acceptors (Lipinski definition) is 2. The molecule has 0 heterocycles. The van der Waals surface area contributed by atoms with Gasteiger partial charge in [-0.15, -0.1) is 11.8 Å². The Kier molecular flexibility index (Phi) is 5.63. The standard InChI is InChI=1S/C20H14F3NOS/c21-14-6-8-16(9-7-14)26-12-19(25)24-20-17(10-15(22)11-18(20)23)13-4-2-1-3-5-13/h1-11H,12H2,(H,24,25). The van der Waals surface area contributed by atoms with Gasteiger partial charge in [0, 0.05) is 16.5 Å². The van der Waals surface area contributed by atoms with Gasteiger partial charge in [0.25, 0.3) is 0 Å². The van der Waals surface area contributed by atoms with Crippen LogP contribution in [0.3, 0.4) is 0 Å². The molecule has 0 unspecified atom stereocenters. The van der Waals surface area contributed by atoms with E-state index in [9.17, 15) is 18.0 Å². The molecule has 0 fully saturated rings. The van der Waals surface area contributed by atoms with Crippen molar-refractivity contribution in [3.63, 3.8) is 0 Å². The second-order valence-electron chi connectivity index (χ2n) is 5.47. The van der Waals surface area contributed by atoms with Crippen LogP contribution in [0.4, 0.5) is 18.9 Å². The first-order chi connectivity index (χ1) is 12.5. The summed E-state index contributed by atoms with van der Waals surface area (Å²) >= 11 is 1.19. The minimum Gasteiger partial charge on any atom is -0.322 e. The number of anilines is 1. The highest BCUT2D eigenvalue weighted by molar-refractivity contribution is 8.00. The van der Waals surface area contributed by atoms with Crippen LogP contribution in [0.2, 0.25) is 0 Å². The summed E-state index contributed by atoms with van der Waals surface area (Å²) in [7, 11) is 0. The van der Waals surface area contributed by atoms with Crippen molar-refractivity contribution in [3.8, 4) is 11.1 Å². The third-order valence-corrected chi connectivity index (χ3v) is 4.60. The Balaban J connectivity index is 1.78. The Morgan fingerprint density at radius 3 is 2.27 bits per heavy atom. The van der Waals surface area contributed by atoms with E-state index < -0.39 is 17.5 Å². The normalized spacial score (nSPS) is 10.6. The molecule has 0 aliphatic carbocycles. The van der Waals surface area contributed by atoms with Crippen molar-refractivity contribution in [1.29, 1.82) is 0 Å². The third-order valence-electron chi connectivity index (χ3n) is 3.59. The summed E-state index contributed by atoms with van der Waals surface area (Å²) in [4.78, 5) is 12.9. The van der Waals surface area contributed by atoms with E-state index in [1.54, 1.807) is 42.5 Å². The number of hydrogen-bond donors (Lipinski definition) is 1. The quantitative estimate of drug-likeness (QED) is 0.598. The van der Waals surface area contributed by atoms with Crippen LogP contribution in [0, 0.1) is 17.5 Å². The summed E-state index contributed by atoms with van der Waals surface area (Å²) in [5.41, 5.74) is 0.790. The lowest BCUT2D eigenvalue weighted by Crippen LogP contribution is -2.16. The lowest BCUT2D eigenvalue weighted by atomic mass is 10.0. The first-order valence-corrected chi connectivity index (χ1v) is 8.74. The molecule has 0 bridgehead atoms. The average Bonchev–Trinajstić information content (AvgIpc) is 2.64. The van der Waals surface area contributed by atoms with Gasteiger partial charge in [-0.1, -0.05) is 30.3 Å². The molecular formula is C20H14F3NOS. The number of benzene rings is 3. The maximum Gasteiger partial charge on any atom is 0.234 e. The van der Waals surface area contributed by atoms with E-state index in [4.69, 9.17) is 0 Å². The van der Waals surface area contributed by atoms with Crippen molar-refractivity contribution in [2.75, 3.05) is 11.1 Å². The molecule has 0 spiro atoms. The molecule has 132 valence electrons. The van der Waals surface area contributed by atoms with E-state index in [1.165, 1.54) is 30.0 Å². The molecule has 2 nitrogen and oxygen atoms in total. The molecule has 26 heavy (non-hydrogen) atoms. The van der Waals surface area contributed by atoms with Gasteiger partial charge in [-0.25, -0.2) is 13.2 Å². The molecule has 3 aromatic carbocycles. The number of rotatable bonds is 5. The van der Waals surface area contributed by atoms with Gasteiger partial charge in [0.2, 0.25) is 5.91 Å². The van der Waals surface area contributed by atoms with Crippen molar-refractivity contribution >= 4 is 23.4 Å². The number of amides is 1. The van der Waals surface area contributed by atoms with E-state index in [-0.39, 0.29) is 22.8 Å². The Morgan fingerprint density at radius 2 is 1.58 bits per heavy atom. The molecule has 0 saturated carbocycles. The zero-order valence-corrected chi connectivity index (χ0v) is 14.3. The molecule has 3 rings (SSSR count). The van der Waals surface area contributed by atoms with Gasteiger partial charge in [-0.2, -0.15) is 0 Å². The maximum absolute atomic E-state index is 14.3. The molecule has 0 radical (unpaired) electrons. The maximum atomic E-state index is 14.3. The first-order valence-electron chi connectivity index (χ1n) is 7.75. The van der Waals surface area contributed by atoms with Crippen LogP contribution >= 0.6 is 11.8 Å². The van der Waals surface area contributed by atoms with Gasteiger partial charge in [-0.3, -0.25) is 4.79 Å². The van der Waals surface area contributed by atoms with Crippen LogP contribution in [0.5, 0.6) is 0 Å². The van der Waals surface area contributed by atoms with Gasteiger partial charge >= 0.3 is 0 Å². The average molecular weight is 373 g/mol. The lowest BCUT2D eigenvalue weighted by Gasteiger charge is -2.13. The fourth-order valence-electron chi connectivity index (χ4n) is 2.40. The molecule has 0 saturated heterocycles. The molecule has 0 aromatic heterocycles. The molecule has 0 atom stereocenters. The van der Waals surface area contributed by atoms with Crippen molar-refractivity contribution in [2.24, 2.45) is 0 Å². The van der Waals surface area contributed by atoms with E-state index >= 15 is 0 Å². The summed E-state index contributed by atoms with van der Waals surface area (Å²) in [5.74, 6) is -2.36. The highest BCUT2D eigenvalue weighted by Crippen LogP contribution is 2.31.